The van der Waals surface area contributed by atoms with Crippen LogP contribution in [-0.4, -0.2) is 23.7 Å². The Morgan fingerprint density at radius 2 is 2.00 bits per heavy atom. The predicted molar refractivity (Wildman–Crippen MR) is 104 cm³/mol. The average Bonchev–Trinajstić information content (AvgIpc) is 2.91. The summed E-state index contributed by atoms with van der Waals surface area (Å²) in [4.78, 5) is 16.9. The summed E-state index contributed by atoms with van der Waals surface area (Å²) in [5.41, 5.74) is 0.910. The van der Waals surface area contributed by atoms with Crippen molar-refractivity contribution in [2.24, 2.45) is 12.0 Å². The number of ether oxygens (including phenoxy) is 2. The highest BCUT2D eigenvalue weighted by Crippen LogP contribution is 2.28. The first-order valence-electron chi connectivity index (χ1n) is 7.86. The summed E-state index contributed by atoms with van der Waals surface area (Å²) < 4.78 is 13.9. The van der Waals surface area contributed by atoms with Gasteiger partial charge in [-0.15, -0.1) is 0 Å². The molecule has 0 saturated heterocycles. The van der Waals surface area contributed by atoms with E-state index in [4.69, 9.17) is 32.7 Å². The van der Waals surface area contributed by atoms with Crippen molar-refractivity contribution < 1.29 is 14.3 Å². The van der Waals surface area contributed by atoms with Gasteiger partial charge in [0.1, 0.15) is 17.0 Å². The van der Waals surface area contributed by atoms with Crippen LogP contribution in [-0.2, 0) is 11.8 Å². The van der Waals surface area contributed by atoms with Crippen LogP contribution in [0.4, 0.5) is 0 Å². The number of rotatable bonds is 5. The van der Waals surface area contributed by atoms with Gasteiger partial charge in [-0.25, -0.2) is 0 Å². The molecule has 0 fully saturated rings. The molecule has 0 unspecified atom stereocenters. The zero-order valence-corrected chi connectivity index (χ0v) is 16.5. The Bertz CT molecular complexity index is 1030. The van der Waals surface area contributed by atoms with Crippen LogP contribution < -0.4 is 14.3 Å². The number of aromatic nitrogens is 1. The highest BCUT2D eigenvalue weighted by Gasteiger charge is 2.11. The third-order valence-corrected chi connectivity index (χ3v) is 5.18. The fourth-order valence-electron chi connectivity index (χ4n) is 2.42. The molecule has 1 amide bonds. The lowest BCUT2D eigenvalue weighted by atomic mass is 10.3. The van der Waals surface area contributed by atoms with Crippen molar-refractivity contribution in [1.29, 1.82) is 0 Å². The minimum Gasteiger partial charge on any atom is -0.492 e. The molecule has 0 bridgehead atoms. The molecule has 136 valence electrons. The Balaban J connectivity index is 1.84. The van der Waals surface area contributed by atoms with Crippen LogP contribution in [0.2, 0.25) is 10.0 Å². The standard InChI is InChI=1S/C18H16Cl2N2O3S/c1-3-24-14-5-4-6-15-17(14)22(2)18(26-15)21-16(23)10-25-13-8-7-11(19)9-12(13)20/h4-9H,3,10H2,1-2H3. The second-order valence-electron chi connectivity index (χ2n) is 5.35. The molecule has 3 rings (SSSR count). The van der Waals surface area contributed by atoms with Gasteiger partial charge in [0.05, 0.1) is 16.3 Å². The number of aryl methyl sites for hydroxylation is 1. The maximum Gasteiger partial charge on any atom is 0.286 e. The van der Waals surface area contributed by atoms with E-state index < -0.39 is 5.91 Å². The highest BCUT2D eigenvalue weighted by molar-refractivity contribution is 7.16. The molecule has 0 radical (unpaired) electrons. The summed E-state index contributed by atoms with van der Waals surface area (Å²) in [5.74, 6) is 0.747. The topological polar surface area (TPSA) is 52.8 Å². The Hall–Kier alpha value is -2.02. The van der Waals surface area contributed by atoms with Gasteiger partial charge < -0.3 is 14.0 Å². The molecule has 0 atom stereocenters. The lowest BCUT2D eigenvalue weighted by Crippen LogP contribution is -2.17. The largest absolute Gasteiger partial charge is 0.492 e. The van der Waals surface area contributed by atoms with E-state index in [-0.39, 0.29) is 6.61 Å². The maximum absolute atomic E-state index is 12.2. The zero-order valence-electron chi connectivity index (χ0n) is 14.2. The van der Waals surface area contributed by atoms with Gasteiger partial charge in [0.15, 0.2) is 11.4 Å². The lowest BCUT2D eigenvalue weighted by Gasteiger charge is -2.06. The Kier molecular flexibility index (Phi) is 5.86. The fraction of sp³-hybridized carbons (Fsp3) is 0.222. The first kappa shape index (κ1) is 18.8. The molecular weight excluding hydrogens is 395 g/mol. The second kappa shape index (κ2) is 8.12. The molecule has 2 aromatic carbocycles. The molecule has 0 N–H and O–H groups in total. The lowest BCUT2D eigenvalue weighted by molar-refractivity contribution is -0.120. The van der Waals surface area contributed by atoms with Gasteiger partial charge in [0, 0.05) is 12.1 Å². The molecule has 0 aliphatic heterocycles. The van der Waals surface area contributed by atoms with E-state index in [1.165, 1.54) is 11.3 Å². The highest BCUT2D eigenvalue weighted by atomic mass is 35.5. The number of halogens is 2. The molecule has 0 saturated carbocycles. The van der Waals surface area contributed by atoms with Gasteiger partial charge >= 0.3 is 0 Å². The Labute approximate surface area is 164 Å². The van der Waals surface area contributed by atoms with E-state index >= 15 is 0 Å². The molecule has 0 spiro atoms. The van der Waals surface area contributed by atoms with E-state index in [1.807, 2.05) is 36.7 Å². The minimum atomic E-state index is -0.406. The summed E-state index contributed by atoms with van der Waals surface area (Å²) in [6, 6.07) is 10.6. The number of hydrogen-bond acceptors (Lipinski definition) is 4. The normalized spacial score (nSPS) is 11.8. The van der Waals surface area contributed by atoms with Crippen molar-refractivity contribution in [3.8, 4) is 11.5 Å². The third-order valence-electron chi connectivity index (χ3n) is 3.55. The molecule has 5 nitrogen and oxygen atoms in total. The van der Waals surface area contributed by atoms with E-state index in [9.17, 15) is 4.79 Å². The number of amides is 1. The Morgan fingerprint density at radius 1 is 1.19 bits per heavy atom. The van der Waals surface area contributed by atoms with Gasteiger partial charge in [-0.2, -0.15) is 4.99 Å². The molecule has 26 heavy (non-hydrogen) atoms. The summed E-state index contributed by atoms with van der Waals surface area (Å²) in [7, 11) is 1.85. The molecule has 0 aliphatic rings. The van der Waals surface area contributed by atoms with Gasteiger partial charge in [-0.3, -0.25) is 4.79 Å². The first-order chi connectivity index (χ1) is 12.5. The summed E-state index contributed by atoms with van der Waals surface area (Å²) in [6.07, 6.45) is 0. The Morgan fingerprint density at radius 3 is 2.73 bits per heavy atom. The zero-order chi connectivity index (χ0) is 18.7. The number of benzene rings is 2. The van der Waals surface area contributed by atoms with Crippen LogP contribution in [0, 0.1) is 0 Å². The number of carbonyl (C=O) groups excluding carboxylic acids is 1. The predicted octanol–water partition coefficient (Wildman–Crippen LogP) is 4.45. The number of carbonyl (C=O) groups is 1. The van der Waals surface area contributed by atoms with Crippen molar-refractivity contribution in [2.75, 3.05) is 13.2 Å². The van der Waals surface area contributed by atoms with E-state index in [1.54, 1.807) is 18.2 Å². The van der Waals surface area contributed by atoms with Crippen LogP contribution in [0.1, 0.15) is 6.92 Å². The summed E-state index contributed by atoms with van der Waals surface area (Å²) in [6.45, 7) is 2.28. The van der Waals surface area contributed by atoms with Crippen LogP contribution in [0.15, 0.2) is 41.4 Å². The fourth-order valence-corrected chi connectivity index (χ4v) is 3.93. The molecule has 0 aliphatic carbocycles. The van der Waals surface area contributed by atoms with Gasteiger partial charge in [-0.1, -0.05) is 40.6 Å². The van der Waals surface area contributed by atoms with Gasteiger partial charge in [0.25, 0.3) is 5.91 Å². The van der Waals surface area contributed by atoms with Crippen molar-refractivity contribution in [2.45, 2.75) is 6.92 Å². The molecular formula is C18H16Cl2N2O3S. The van der Waals surface area contributed by atoms with E-state index in [0.717, 1.165) is 16.0 Å². The minimum absolute atomic E-state index is 0.214. The molecule has 1 heterocycles. The third kappa shape index (κ3) is 4.03. The smallest absolute Gasteiger partial charge is 0.286 e. The van der Waals surface area contributed by atoms with Gasteiger partial charge in [0.2, 0.25) is 0 Å². The van der Waals surface area contributed by atoms with Crippen molar-refractivity contribution in [3.63, 3.8) is 0 Å². The first-order valence-corrected chi connectivity index (χ1v) is 9.43. The SMILES string of the molecule is CCOc1cccc2sc(=NC(=O)COc3ccc(Cl)cc3Cl)n(C)c12. The number of thiazole rings is 1. The number of hydrogen-bond donors (Lipinski definition) is 0. The van der Waals surface area contributed by atoms with E-state index in [2.05, 4.69) is 4.99 Å². The van der Waals surface area contributed by atoms with Crippen molar-refractivity contribution in [3.05, 3.63) is 51.2 Å². The summed E-state index contributed by atoms with van der Waals surface area (Å²) >= 11 is 13.3. The monoisotopic (exact) mass is 410 g/mol. The maximum atomic E-state index is 12.2. The molecule has 3 aromatic rings. The quantitative estimate of drug-likeness (QED) is 0.623. The van der Waals surface area contributed by atoms with Crippen LogP contribution in [0.3, 0.4) is 0 Å². The van der Waals surface area contributed by atoms with Crippen LogP contribution >= 0.6 is 34.5 Å². The number of para-hydroxylation sites is 1. The molecule has 1 aromatic heterocycles. The van der Waals surface area contributed by atoms with Gasteiger partial charge in [-0.05, 0) is 37.3 Å². The number of nitrogens with zero attached hydrogens (tertiary/aromatic N) is 2. The average molecular weight is 411 g/mol. The van der Waals surface area contributed by atoms with Crippen LogP contribution in [0.5, 0.6) is 11.5 Å². The second-order valence-corrected chi connectivity index (χ2v) is 7.20. The summed E-state index contributed by atoms with van der Waals surface area (Å²) in [5, 5.41) is 0.847. The van der Waals surface area contributed by atoms with Crippen LogP contribution in [0.25, 0.3) is 10.2 Å². The van der Waals surface area contributed by atoms with Crippen molar-refractivity contribution >= 4 is 50.7 Å². The van der Waals surface area contributed by atoms with Crippen molar-refractivity contribution in [1.82, 2.24) is 4.57 Å². The number of fused-ring (bicyclic) bond motifs is 1. The van der Waals surface area contributed by atoms with E-state index in [0.29, 0.717) is 27.2 Å². The molecule has 8 heteroatoms.